The number of amides is 2. The van der Waals surface area contributed by atoms with Crippen molar-refractivity contribution in [2.75, 3.05) is 18.5 Å². The van der Waals surface area contributed by atoms with Crippen molar-refractivity contribution in [2.45, 2.75) is 6.92 Å². The monoisotopic (exact) mass is 368 g/mol. The quantitative estimate of drug-likeness (QED) is 0.549. The van der Waals surface area contributed by atoms with Crippen LogP contribution in [0.1, 0.15) is 22.8 Å². The van der Waals surface area contributed by atoms with Crippen LogP contribution in [-0.4, -0.2) is 31.0 Å². The largest absolute Gasteiger partial charge is 0.494 e. The van der Waals surface area contributed by atoms with E-state index in [1.807, 2.05) is 6.92 Å². The molecule has 0 aromatic heterocycles. The molecule has 0 heterocycles. The highest BCUT2D eigenvalue weighted by atomic mass is 16.5. The standard InChI is InChI=1S/C20H20N2O5/c1-2-26-17-10-3-14(4-11-17)5-12-19(24)27-13-18(23)22-16-8-6-15(7-9-16)20(21)25/h3-12H,2,13H2,1H3,(H2,21,25)(H,22,23)/b12-5+. The molecule has 2 amide bonds. The van der Waals surface area contributed by atoms with Gasteiger partial charge in [-0.25, -0.2) is 4.79 Å². The molecule has 0 spiro atoms. The van der Waals surface area contributed by atoms with E-state index < -0.39 is 24.4 Å². The Morgan fingerprint density at radius 1 is 1.04 bits per heavy atom. The predicted octanol–water partition coefficient (Wildman–Crippen LogP) is 2.38. The predicted molar refractivity (Wildman–Crippen MR) is 101 cm³/mol. The summed E-state index contributed by atoms with van der Waals surface area (Å²) in [6.07, 6.45) is 2.82. The number of nitrogens with two attached hydrogens (primary N) is 1. The van der Waals surface area contributed by atoms with Crippen LogP contribution in [0.15, 0.2) is 54.6 Å². The second-order valence-corrected chi connectivity index (χ2v) is 5.43. The topological polar surface area (TPSA) is 108 Å². The lowest BCUT2D eigenvalue weighted by atomic mass is 10.2. The number of hydrogen-bond acceptors (Lipinski definition) is 5. The first kappa shape index (κ1) is 19.7. The Labute approximate surface area is 156 Å². The lowest BCUT2D eigenvalue weighted by molar-refractivity contribution is -0.142. The molecule has 0 aliphatic heterocycles. The fourth-order valence-electron chi connectivity index (χ4n) is 2.11. The van der Waals surface area contributed by atoms with Gasteiger partial charge in [-0.15, -0.1) is 0 Å². The number of esters is 1. The van der Waals surface area contributed by atoms with Crippen LogP contribution in [0.2, 0.25) is 0 Å². The first-order valence-corrected chi connectivity index (χ1v) is 8.25. The molecule has 0 aliphatic rings. The number of rotatable bonds is 8. The van der Waals surface area contributed by atoms with Crippen molar-refractivity contribution in [2.24, 2.45) is 5.73 Å². The number of carbonyl (C=O) groups is 3. The van der Waals surface area contributed by atoms with Gasteiger partial charge in [0.05, 0.1) is 6.61 Å². The molecule has 0 fully saturated rings. The van der Waals surface area contributed by atoms with Crippen LogP contribution in [0.25, 0.3) is 6.08 Å². The third-order valence-corrected chi connectivity index (χ3v) is 3.40. The average molecular weight is 368 g/mol. The molecule has 27 heavy (non-hydrogen) atoms. The lowest BCUT2D eigenvalue weighted by Gasteiger charge is -2.06. The zero-order valence-corrected chi connectivity index (χ0v) is 14.8. The molecule has 0 aliphatic carbocycles. The minimum absolute atomic E-state index is 0.332. The van der Waals surface area contributed by atoms with Crippen LogP contribution < -0.4 is 15.8 Å². The molecule has 2 rings (SSSR count). The van der Waals surface area contributed by atoms with Gasteiger partial charge in [-0.3, -0.25) is 9.59 Å². The van der Waals surface area contributed by atoms with Crippen LogP contribution in [-0.2, 0) is 14.3 Å². The molecule has 0 unspecified atom stereocenters. The van der Waals surface area contributed by atoms with Crippen molar-refractivity contribution in [3.8, 4) is 5.75 Å². The molecule has 7 nitrogen and oxygen atoms in total. The molecule has 2 aromatic rings. The zero-order valence-electron chi connectivity index (χ0n) is 14.8. The molecule has 140 valence electrons. The number of hydrogen-bond donors (Lipinski definition) is 2. The van der Waals surface area contributed by atoms with Crippen molar-refractivity contribution in [3.05, 3.63) is 65.7 Å². The van der Waals surface area contributed by atoms with E-state index in [-0.39, 0.29) is 0 Å². The average Bonchev–Trinajstić information content (AvgIpc) is 2.66. The van der Waals surface area contributed by atoms with Crippen LogP contribution in [0, 0.1) is 0 Å². The zero-order chi connectivity index (χ0) is 19.6. The van der Waals surface area contributed by atoms with Gasteiger partial charge in [0.2, 0.25) is 5.91 Å². The van der Waals surface area contributed by atoms with E-state index in [1.165, 1.54) is 30.3 Å². The number of primary amides is 1. The first-order valence-electron chi connectivity index (χ1n) is 8.25. The molecular formula is C20H20N2O5. The van der Waals surface area contributed by atoms with E-state index in [9.17, 15) is 14.4 Å². The molecule has 0 radical (unpaired) electrons. The summed E-state index contributed by atoms with van der Waals surface area (Å²) in [7, 11) is 0. The van der Waals surface area contributed by atoms with E-state index in [4.69, 9.17) is 15.2 Å². The Hall–Kier alpha value is -3.61. The maximum absolute atomic E-state index is 11.8. The van der Waals surface area contributed by atoms with Gasteiger partial charge in [-0.05, 0) is 55.0 Å². The van der Waals surface area contributed by atoms with Crippen LogP contribution >= 0.6 is 0 Å². The van der Waals surface area contributed by atoms with E-state index in [1.54, 1.807) is 30.3 Å². The van der Waals surface area contributed by atoms with Crippen molar-refractivity contribution < 1.29 is 23.9 Å². The second-order valence-electron chi connectivity index (χ2n) is 5.43. The summed E-state index contributed by atoms with van der Waals surface area (Å²) in [6.45, 7) is 2.05. The fourth-order valence-corrected chi connectivity index (χ4v) is 2.11. The first-order chi connectivity index (χ1) is 13.0. The minimum atomic E-state index is -0.636. The third-order valence-electron chi connectivity index (χ3n) is 3.40. The maximum Gasteiger partial charge on any atom is 0.331 e. The van der Waals surface area contributed by atoms with Gasteiger partial charge >= 0.3 is 5.97 Å². The van der Waals surface area contributed by atoms with Gasteiger partial charge < -0.3 is 20.5 Å². The van der Waals surface area contributed by atoms with Gasteiger partial charge in [-0.1, -0.05) is 12.1 Å². The van der Waals surface area contributed by atoms with E-state index in [2.05, 4.69) is 5.32 Å². The Balaban J connectivity index is 1.78. The number of ether oxygens (including phenoxy) is 2. The number of nitrogens with one attached hydrogen (secondary N) is 1. The van der Waals surface area contributed by atoms with E-state index in [0.717, 1.165) is 11.3 Å². The third kappa shape index (κ3) is 6.66. The van der Waals surface area contributed by atoms with Crippen LogP contribution in [0.4, 0.5) is 5.69 Å². The summed E-state index contributed by atoms with van der Waals surface area (Å²) in [5, 5.41) is 2.55. The highest BCUT2D eigenvalue weighted by Crippen LogP contribution is 2.13. The number of carbonyl (C=O) groups excluding carboxylic acids is 3. The molecular weight excluding hydrogens is 348 g/mol. The highest BCUT2D eigenvalue weighted by molar-refractivity contribution is 5.96. The van der Waals surface area contributed by atoms with Crippen molar-refractivity contribution >= 4 is 29.5 Å². The molecule has 7 heteroatoms. The number of anilines is 1. The van der Waals surface area contributed by atoms with Crippen molar-refractivity contribution in [3.63, 3.8) is 0 Å². The summed E-state index contributed by atoms with van der Waals surface area (Å²) in [6, 6.07) is 13.2. The molecule has 0 saturated carbocycles. The fraction of sp³-hybridized carbons (Fsp3) is 0.150. The summed E-state index contributed by atoms with van der Waals surface area (Å²) in [5.41, 5.74) is 6.74. The van der Waals surface area contributed by atoms with Gasteiger partial charge in [0, 0.05) is 17.3 Å². The highest BCUT2D eigenvalue weighted by Gasteiger charge is 2.06. The summed E-state index contributed by atoms with van der Waals surface area (Å²) in [5.74, 6) is -0.938. The Bertz CT molecular complexity index is 826. The Kier molecular flexibility index (Phi) is 7.13. The van der Waals surface area contributed by atoms with Gasteiger partial charge in [-0.2, -0.15) is 0 Å². The normalized spacial score (nSPS) is 10.4. The van der Waals surface area contributed by atoms with Crippen LogP contribution in [0.3, 0.4) is 0 Å². The molecule has 0 atom stereocenters. The molecule has 2 aromatic carbocycles. The summed E-state index contributed by atoms with van der Waals surface area (Å²) >= 11 is 0. The molecule has 0 bridgehead atoms. The Morgan fingerprint density at radius 3 is 2.30 bits per heavy atom. The van der Waals surface area contributed by atoms with Gasteiger partial charge in [0.1, 0.15) is 5.75 Å². The van der Waals surface area contributed by atoms with Gasteiger partial charge in [0.15, 0.2) is 6.61 Å². The minimum Gasteiger partial charge on any atom is -0.494 e. The molecule has 3 N–H and O–H groups in total. The molecule has 0 saturated heterocycles. The lowest BCUT2D eigenvalue weighted by Crippen LogP contribution is -2.20. The maximum atomic E-state index is 11.8. The summed E-state index contributed by atoms with van der Waals surface area (Å²) in [4.78, 5) is 34.5. The van der Waals surface area contributed by atoms with Crippen molar-refractivity contribution in [1.82, 2.24) is 0 Å². The van der Waals surface area contributed by atoms with Crippen molar-refractivity contribution in [1.29, 1.82) is 0 Å². The van der Waals surface area contributed by atoms with E-state index >= 15 is 0 Å². The van der Waals surface area contributed by atoms with E-state index in [0.29, 0.717) is 17.9 Å². The summed E-state index contributed by atoms with van der Waals surface area (Å²) < 4.78 is 10.2. The number of benzene rings is 2. The smallest absolute Gasteiger partial charge is 0.331 e. The van der Waals surface area contributed by atoms with Crippen LogP contribution in [0.5, 0.6) is 5.75 Å². The van der Waals surface area contributed by atoms with Gasteiger partial charge in [0.25, 0.3) is 5.91 Å². The second kappa shape index (κ2) is 9.76. The SMILES string of the molecule is CCOc1ccc(/C=C/C(=O)OCC(=O)Nc2ccc(C(N)=O)cc2)cc1. The Morgan fingerprint density at radius 2 is 1.70 bits per heavy atom.